The summed E-state index contributed by atoms with van der Waals surface area (Å²) in [5.74, 6) is 0.142. The monoisotopic (exact) mass is 444 g/mol. The van der Waals surface area contributed by atoms with Crippen molar-refractivity contribution in [3.05, 3.63) is 21.9 Å². The highest BCUT2D eigenvalue weighted by molar-refractivity contribution is 7.15. The van der Waals surface area contributed by atoms with Crippen molar-refractivity contribution in [2.75, 3.05) is 18.6 Å². The van der Waals surface area contributed by atoms with Crippen LogP contribution in [0.1, 0.15) is 93.1 Å². The Kier molecular flexibility index (Phi) is 10.3. The Morgan fingerprint density at radius 3 is 2.61 bits per heavy atom. The van der Waals surface area contributed by atoms with Crippen LogP contribution in [0.5, 0.6) is 0 Å². The van der Waals surface area contributed by atoms with Gasteiger partial charge in [-0.3, -0.25) is 4.79 Å². The maximum atomic E-state index is 13.2. The normalized spacial score (nSPS) is 14.6. The van der Waals surface area contributed by atoms with Crippen LogP contribution >= 0.6 is 11.3 Å². The summed E-state index contributed by atoms with van der Waals surface area (Å²) >= 11 is 1.43. The molecule has 1 unspecified atom stereocenters. The molecule has 0 fully saturated rings. The molecule has 1 aromatic heterocycles. The molecule has 1 amide bonds. The van der Waals surface area contributed by atoms with Crippen molar-refractivity contribution in [1.29, 1.82) is 5.26 Å². The minimum absolute atomic E-state index is 0.0392. The number of nitriles is 1. The molecule has 2 rings (SSSR count). The minimum Gasteiger partial charge on any atom is -0.465 e. The summed E-state index contributed by atoms with van der Waals surface area (Å²) < 4.78 is 5.05. The molecule has 1 atom stereocenters. The lowest BCUT2D eigenvalue weighted by atomic mass is 9.98. The summed E-state index contributed by atoms with van der Waals surface area (Å²) in [6, 6.07) is 4.26. The Hall–Kier alpha value is -2.13. The lowest BCUT2D eigenvalue weighted by Crippen LogP contribution is -2.32. The van der Waals surface area contributed by atoms with Crippen LogP contribution in [0.25, 0.3) is 5.57 Å². The molecule has 5 nitrogen and oxygen atoms in total. The van der Waals surface area contributed by atoms with Gasteiger partial charge in [0.1, 0.15) is 4.88 Å². The number of carbonyl (C=O) groups is 2. The lowest BCUT2D eigenvalue weighted by Gasteiger charge is -2.23. The molecule has 0 saturated carbocycles. The van der Waals surface area contributed by atoms with E-state index in [9.17, 15) is 9.59 Å². The molecule has 0 bridgehead atoms. The number of hydrogen-bond donors (Lipinski definition) is 0. The molecule has 0 aromatic carbocycles. The van der Waals surface area contributed by atoms with Crippen LogP contribution in [-0.2, 0) is 9.53 Å². The fraction of sp³-hybridized carbons (Fsp3) is 0.640. The number of amides is 1. The van der Waals surface area contributed by atoms with Crippen LogP contribution in [0.15, 0.2) is 12.1 Å². The zero-order valence-corrected chi connectivity index (χ0v) is 20.2. The van der Waals surface area contributed by atoms with E-state index in [-0.39, 0.29) is 11.8 Å². The van der Waals surface area contributed by atoms with Gasteiger partial charge < -0.3 is 9.64 Å². The quantitative estimate of drug-likeness (QED) is 0.361. The number of methoxy groups -OCH3 is 1. The largest absolute Gasteiger partial charge is 0.465 e. The van der Waals surface area contributed by atoms with Gasteiger partial charge in [-0.1, -0.05) is 26.3 Å². The van der Waals surface area contributed by atoms with Crippen molar-refractivity contribution in [3.8, 4) is 6.07 Å². The Morgan fingerprint density at radius 1 is 1.23 bits per heavy atom. The Bertz CT molecular complexity index is 819. The SMILES string of the molecule is COC(=O)c1sc(C2=CCCCC2)cc1N(CCCC(C)C#N)C(=O)CCCC(C)C. The van der Waals surface area contributed by atoms with E-state index in [1.807, 2.05) is 13.0 Å². The summed E-state index contributed by atoms with van der Waals surface area (Å²) in [6.07, 6.45) is 10.4. The van der Waals surface area contributed by atoms with Gasteiger partial charge in [0.25, 0.3) is 0 Å². The Balaban J connectivity index is 2.33. The molecular weight excluding hydrogens is 408 g/mol. The molecular formula is C25H36N2O3S. The second kappa shape index (κ2) is 12.7. The van der Waals surface area contributed by atoms with Gasteiger partial charge in [-0.2, -0.15) is 5.26 Å². The van der Waals surface area contributed by atoms with Crippen LogP contribution in [0.3, 0.4) is 0 Å². The van der Waals surface area contributed by atoms with E-state index >= 15 is 0 Å². The summed E-state index contributed by atoms with van der Waals surface area (Å²) in [7, 11) is 1.38. The third-order valence-electron chi connectivity index (χ3n) is 5.69. The number of nitrogens with zero attached hydrogens (tertiary/aromatic N) is 2. The summed E-state index contributed by atoms with van der Waals surface area (Å²) in [5.41, 5.74) is 1.93. The second-order valence-electron chi connectivity index (χ2n) is 8.80. The highest BCUT2D eigenvalue weighted by atomic mass is 32.1. The number of allylic oxidation sites excluding steroid dienone is 2. The van der Waals surface area contributed by atoms with Gasteiger partial charge in [-0.25, -0.2) is 4.79 Å². The van der Waals surface area contributed by atoms with Gasteiger partial charge in [-0.05, 0) is 69.4 Å². The number of rotatable bonds is 11. The van der Waals surface area contributed by atoms with E-state index in [1.54, 1.807) is 4.90 Å². The Labute approximate surface area is 191 Å². The number of hydrogen-bond acceptors (Lipinski definition) is 5. The molecule has 6 heteroatoms. The Morgan fingerprint density at radius 2 is 2.00 bits per heavy atom. The van der Waals surface area contributed by atoms with Crippen LogP contribution < -0.4 is 4.90 Å². The molecule has 0 radical (unpaired) electrons. The van der Waals surface area contributed by atoms with Gasteiger partial charge >= 0.3 is 5.97 Å². The van der Waals surface area contributed by atoms with Crippen molar-refractivity contribution in [2.45, 2.75) is 78.6 Å². The molecule has 1 aromatic rings. The number of esters is 1. The number of thiophene rings is 1. The van der Waals surface area contributed by atoms with Gasteiger partial charge in [0.05, 0.1) is 18.9 Å². The summed E-state index contributed by atoms with van der Waals surface area (Å²) in [6.45, 7) is 6.71. The van der Waals surface area contributed by atoms with Gasteiger partial charge in [0.15, 0.2) is 0 Å². The first-order valence-corrected chi connectivity index (χ1v) is 12.3. The van der Waals surface area contributed by atoms with Crippen molar-refractivity contribution >= 4 is 34.5 Å². The third-order valence-corrected chi connectivity index (χ3v) is 6.87. The molecule has 0 aliphatic heterocycles. The summed E-state index contributed by atoms with van der Waals surface area (Å²) in [4.78, 5) is 29.1. The highest BCUT2D eigenvalue weighted by Gasteiger charge is 2.26. The van der Waals surface area contributed by atoms with Gasteiger partial charge in [0, 0.05) is 23.8 Å². The van der Waals surface area contributed by atoms with E-state index in [2.05, 4.69) is 26.0 Å². The van der Waals surface area contributed by atoms with E-state index in [1.165, 1.54) is 30.4 Å². The van der Waals surface area contributed by atoms with E-state index < -0.39 is 5.97 Å². The van der Waals surface area contributed by atoms with Crippen molar-refractivity contribution < 1.29 is 14.3 Å². The first kappa shape index (κ1) is 25.1. The highest BCUT2D eigenvalue weighted by Crippen LogP contribution is 2.39. The lowest BCUT2D eigenvalue weighted by molar-refractivity contribution is -0.118. The predicted molar refractivity (Wildman–Crippen MR) is 127 cm³/mol. The smallest absolute Gasteiger partial charge is 0.350 e. The van der Waals surface area contributed by atoms with Gasteiger partial charge in [-0.15, -0.1) is 11.3 Å². The predicted octanol–water partition coefficient (Wildman–Crippen LogP) is 6.59. The molecule has 1 heterocycles. The van der Waals surface area contributed by atoms with E-state index in [4.69, 9.17) is 10.00 Å². The van der Waals surface area contributed by atoms with Crippen LogP contribution in [0.4, 0.5) is 5.69 Å². The average Bonchev–Trinajstić information content (AvgIpc) is 3.21. The molecule has 0 saturated heterocycles. The first-order chi connectivity index (χ1) is 14.9. The topological polar surface area (TPSA) is 70.4 Å². The zero-order valence-electron chi connectivity index (χ0n) is 19.4. The number of carbonyl (C=O) groups excluding carboxylic acids is 2. The third kappa shape index (κ3) is 7.50. The number of ether oxygens (including phenoxy) is 1. The molecule has 0 N–H and O–H groups in total. The van der Waals surface area contributed by atoms with E-state index in [0.29, 0.717) is 29.4 Å². The molecule has 170 valence electrons. The van der Waals surface area contributed by atoms with Crippen LogP contribution in [0.2, 0.25) is 0 Å². The zero-order chi connectivity index (χ0) is 22.8. The average molecular weight is 445 g/mol. The molecule has 1 aliphatic rings. The fourth-order valence-electron chi connectivity index (χ4n) is 3.84. The van der Waals surface area contributed by atoms with Crippen molar-refractivity contribution in [1.82, 2.24) is 0 Å². The van der Waals surface area contributed by atoms with E-state index in [0.717, 1.165) is 49.8 Å². The maximum absolute atomic E-state index is 13.2. The maximum Gasteiger partial charge on any atom is 0.350 e. The van der Waals surface area contributed by atoms with Crippen LogP contribution in [-0.4, -0.2) is 25.5 Å². The second-order valence-corrected chi connectivity index (χ2v) is 9.85. The number of anilines is 1. The standard InChI is InChI=1S/C25H36N2O3S/c1-18(2)10-8-14-23(28)27(15-9-11-19(3)17-26)21-16-22(20-12-6-5-7-13-20)31-24(21)25(29)30-4/h12,16,18-19H,5-11,13-15H2,1-4H3. The van der Waals surface area contributed by atoms with Crippen LogP contribution in [0, 0.1) is 23.2 Å². The first-order valence-electron chi connectivity index (χ1n) is 11.5. The summed E-state index contributed by atoms with van der Waals surface area (Å²) in [5, 5.41) is 9.09. The van der Waals surface area contributed by atoms with Crippen molar-refractivity contribution in [3.63, 3.8) is 0 Å². The van der Waals surface area contributed by atoms with Crippen molar-refractivity contribution in [2.24, 2.45) is 11.8 Å². The molecule has 31 heavy (non-hydrogen) atoms. The molecule has 0 spiro atoms. The van der Waals surface area contributed by atoms with Gasteiger partial charge in [0.2, 0.25) is 5.91 Å². The fourth-order valence-corrected chi connectivity index (χ4v) is 4.98. The molecule has 1 aliphatic carbocycles. The minimum atomic E-state index is -0.395.